The number of hydrogen-bond donors (Lipinski definition) is 1. The predicted octanol–water partition coefficient (Wildman–Crippen LogP) is 3.48. The number of rotatable bonds is 3. The van der Waals surface area contributed by atoms with E-state index in [0.717, 1.165) is 24.9 Å². The molecule has 1 saturated heterocycles. The monoisotopic (exact) mass is 344 g/mol. The summed E-state index contributed by atoms with van der Waals surface area (Å²) in [6.45, 7) is 1.65. The molecule has 132 valence electrons. The molecule has 1 aromatic heterocycles. The molecule has 0 amide bonds. The molecule has 4 rings (SSSR count). The highest BCUT2D eigenvalue weighted by molar-refractivity contribution is 5.23. The summed E-state index contributed by atoms with van der Waals surface area (Å²) in [6, 6.07) is 7.76. The van der Waals surface area contributed by atoms with E-state index in [9.17, 15) is 13.9 Å². The Morgan fingerprint density at radius 1 is 1.16 bits per heavy atom. The molecule has 2 aromatic rings. The van der Waals surface area contributed by atoms with Gasteiger partial charge >= 0.3 is 0 Å². The molecule has 1 aliphatic heterocycles. The molecule has 1 saturated carbocycles. The summed E-state index contributed by atoms with van der Waals surface area (Å²) in [5.41, 5.74) is 0.0642. The third kappa shape index (κ3) is 2.96. The molecule has 0 unspecified atom stereocenters. The second kappa shape index (κ2) is 6.46. The van der Waals surface area contributed by atoms with Crippen LogP contribution in [0.4, 0.5) is 8.78 Å². The van der Waals surface area contributed by atoms with Gasteiger partial charge in [-0.3, -0.25) is 9.88 Å². The van der Waals surface area contributed by atoms with Crippen molar-refractivity contribution in [2.45, 2.75) is 31.4 Å². The van der Waals surface area contributed by atoms with E-state index in [-0.39, 0.29) is 18.0 Å². The summed E-state index contributed by atoms with van der Waals surface area (Å²) in [6.07, 6.45) is 6.15. The number of pyridine rings is 1. The Kier molecular flexibility index (Phi) is 4.29. The topological polar surface area (TPSA) is 36.4 Å². The Balaban J connectivity index is 1.57. The first-order valence-corrected chi connectivity index (χ1v) is 8.86. The molecule has 1 aliphatic carbocycles. The first-order chi connectivity index (χ1) is 12.1. The van der Waals surface area contributed by atoms with E-state index in [1.165, 1.54) is 18.2 Å². The lowest BCUT2D eigenvalue weighted by Crippen LogP contribution is -2.42. The van der Waals surface area contributed by atoms with Crippen LogP contribution in [-0.2, 0) is 12.1 Å². The number of hydrogen-bond acceptors (Lipinski definition) is 3. The Hall–Kier alpha value is -1.85. The number of likely N-dealkylation sites (tertiary alicyclic amines) is 1. The zero-order valence-electron chi connectivity index (χ0n) is 14.0. The summed E-state index contributed by atoms with van der Waals surface area (Å²) in [5, 5.41) is 11.4. The van der Waals surface area contributed by atoms with E-state index >= 15 is 0 Å². The van der Waals surface area contributed by atoms with Crippen LogP contribution in [0, 0.1) is 23.5 Å². The standard InChI is InChI=1S/C20H22F2N2O/c21-18-6-1-7-19(22)16(18)12-24-11-14-4-2-8-20(25,17(14)13-24)15-5-3-9-23-10-15/h1,3,5-7,9-10,14,17,25H,2,4,8,11-13H2/t14-,17-,20+/m1/s1. The van der Waals surface area contributed by atoms with Crippen LogP contribution < -0.4 is 0 Å². The smallest absolute Gasteiger partial charge is 0.130 e. The first-order valence-electron chi connectivity index (χ1n) is 8.86. The minimum atomic E-state index is -0.903. The highest BCUT2D eigenvalue weighted by Gasteiger charge is 2.49. The van der Waals surface area contributed by atoms with E-state index in [4.69, 9.17) is 0 Å². The van der Waals surface area contributed by atoms with E-state index in [1.54, 1.807) is 12.4 Å². The highest BCUT2D eigenvalue weighted by Crippen LogP contribution is 2.48. The normalized spacial score (nSPS) is 29.6. The summed E-state index contributed by atoms with van der Waals surface area (Å²) in [7, 11) is 0. The minimum Gasteiger partial charge on any atom is -0.385 e. The molecule has 1 N–H and O–H groups in total. The zero-order chi connectivity index (χ0) is 17.4. The summed E-state index contributed by atoms with van der Waals surface area (Å²) in [4.78, 5) is 6.23. The fourth-order valence-corrected chi connectivity index (χ4v) is 4.63. The molecule has 5 heteroatoms. The molecule has 25 heavy (non-hydrogen) atoms. The van der Waals surface area contributed by atoms with Gasteiger partial charge in [-0.2, -0.15) is 0 Å². The van der Waals surface area contributed by atoms with Gasteiger partial charge in [0.05, 0.1) is 5.60 Å². The molecule has 2 aliphatic rings. The zero-order valence-corrected chi connectivity index (χ0v) is 14.0. The van der Waals surface area contributed by atoms with E-state index in [0.29, 0.717) is 18.9 Å². The number of fused-ring (bicyclic) bond motifs is 1. The van der Waals surface area contributed by atoms with Crippen LogP contribution in [-0.4, -0.2) is 28.1 Å². The van der Waals surface area contributed by atoms with Crippen LogP contribution >= 0.6 is 0 Å². The molecule has 2 fully saturated rings. The fourth-order valence-electron chi connectivity index (χ4n) is 4.63. The van der Waals surface area contributed by atoms with Crippen molar-refractivity contribution in [3.8, 4) is 0 Å². The number of aromatic nitrogens is 1. The van der Waals surface area contributed by atoms with Crippen molar-refractivity contribution in [3.63, 3.8) is 0 Å². The van der Waals surface area contributed by atoms with Gasteiger partial charge in [-0.1, -0.05) is 12.1 Å². The minimum absolute atomic E-state index is 0.0697. The number of halogens is 2. The van der Waals surface area contributed by atoms with Crippen LogP contribution in [0.15, 0.2) is 42.7 Å². The number of nitrogens with zero attached hydrogens (tertiary/aromatic N) is 2. The number of benzene rings is 1. The van der Waals surface area contributed by atoms with Crippen molar-refractivity contribution in [2.75, 3.05) is 13.1 Å². The maximum atomic E-state index is 14.0. The molecular weight excluding hydrogens is 322 g/mol. The van der Waals surface area contributed by atoms with Gasteiger partial charge in [0.15, 0.2) is 0 Å². The lowest BCUT2D eigenvalue weighted by molar-refractivity contribution is -0.0651. The SMILES string of the molecule is O[C@]1(c2cccnc2)CCC[C@@H]2CN(Cc3c(F)cccc3F)C[C@H]21. The lowest BCUT2D eigenvalue weighted by Gasteiger charge is -2.41. The van der Waals surface area contributed by atoms with Crippen molar-refractivity contribution in [3.05, 3.63) is 65.5 Å². The second-order valence-electron chi connectivity index (χ2n) is 7.32. The lowest BCUT2D eigenvalue weighted by atomic mass is 9.68. The Bertz CT molecular complexity index is 734. The predicted molar refractivity (Wildman–Crippen MR) is 90.6 cm³/mol. The Labute approximate surface area is 146 Å². The van der Waals surface area contributed by atoms with Crippen LogP contribution in [0.1, 0.15) is 30.4 Å². The van der Waals surface area contributed by atoms with Gasteiger partial charge in [-0.25, -0.2) is 8.78 Å². The molecule has 0 spiro atoms. The van der Waals surface area contributed by atoms with Crippen LogP contribution in [0.25, 0.3) is 0 Å². The van der Waals surface area contributed by atoms with Crippen LogP contribution in [0.3, 0.4) is 0 Å². The number of aliphatic hydroxyl groups is 1. The van der Waals surface area contributed by atoms with Crippen molar-refractivity contribution in [1.82, 2.24) is 9.88 Å². The molecule has 3 atom stereocenters. The maximum absolute atomic E-state index is 14.0. The second-order valence-corrected chi connectivity index (χ2v) is 7.32. The van der Waals surface area contributed by atoms with E-state index < -0.39 is 17.2 Å². The molecule has 1 aromatic carbocycles. The fraction of sp³-hybridized carbons (Fsp3) is 0.450. The first kappa shape index (κ1) is 16.6. The highest BCUT2D eigenvalue weighted by atomic mass is 19.1. The van der Waals surface area contributed by atoms with Crippen molar-refractivity contribution in [2.24, 2.45) is 11.8 Å². The van der Waals surface area contributed by atoms with Crippen LogP contribution in [0.2, 0.25) is 0 Å². The van der Waals surface area contributed by atoms with Gasteiger partial charge in [0.2, 0.25) is 0 Å². The van der Waals surface area contributed by atoms with Gasteiger partial charge in [-0.05, 0) is 43.4 Å². The van der Waals surface area contributed by atoms with Gasteiger partial charge in [0, 0.05) is 49.1 Å². The Morgan fingerprint density at radius 3 is 2.68 bits per heavy atom. The summed E-state index contributed by atoms with van der Waals surface area (Å²) < 4.78 is 27.9. The van der Waals surface area contributed by atoms with Crippen molar-refractivity contribution in [1.29, 1.82) is 0 Å². The summed E-state index contributed by atoms with van der Waals surface area (Å²) in [5.74, 6) is -0.594. The molecule has 0 radical (unpaired) electrons. The van der Waals surface area contributed by atoms with Gasteiger partial charge in [0.1, 0.15) is 11.6 Å². The largest absolute Gasteiger partial charge is 0.385 e. The molecule has 0 bridgehead atoms. The van der Waals surface area contributed by atoms with Gasteiger partial charge in [-0.15, -0.1) is 0 Å². The van der Waals surface area contributed by atoms with E-state index in [2.05, 4.69) is 9.88 Å². The van der Waals surface area contributed by atoms with Crippen molar-refractivity contribution >= 4 is 0 Å². The van der Waals surface area contributed by atoms with Crippen LogP contribution in [0.5, 0.6) is 0 Å². The third-order valence-electron chi connectivity index (χ3n) is 5.87. The molecular formula is C20H22F2N2O. The van der Waals surface area contributed by atoms with Gasteiger partial charge < -0.3 is 5.11 Å². The third-order valence-corrected chi connectivity index (χ3v) is 5.87. The quantitative estimate of drug-likeness (QED) is 0.926. The molecule has 2 heterocycles. The maximum Gasteiger partial charge on any atom is 0.130 e. The van der Waals surface area contributed by atoms with Gasteiger partial charge in [0.25, 0.3) is 0 Å². The molecule has 3 nitrogen and oxygen atoms in total. The average Bonchev–Trinajstić information content (AvgIpc) is 3.04. The van der Waals surface area contributed by atoms with E-state index in [1.807, 2.05) is 12.1 Å². The van der Waals surface area contributed by atoms with Crippen molar-refractivity contribution < 1.29 is 13.9 Å². The average molecular weight is 344 g/mol. The Morgan fingerprint density at radius 2 is 1.96 bits per heavy atom. The summed E-state index contributed by atoms with van der Waals surface area (Å²) >= 11 is 0.